The van der Waals surface area contributed by atoms with Crippen molar-refractivity contribution in [1.82, 2.24) is 0 Å². The van der Waals surface area contributed by atoms with Gasteiger partial charge in [-0.3, -0.25) is 0 Å². The highest BCUT2D eigenvalue weighted by molar-refractivity contribution is 7.25. The number of hydrogen-bond donors (Lipinski definition) is 0. The molecule has 0 bridgehead atoms. The van der Waals surface area contributed by atoms with Crippen molar-refractivity contribution in [2.24, 2.45) is 0 Å². The lowest BCUT2D eigenvalue weighted by atomic mass is 9.80. The maximum atomic E-state index is 4.70. The Morgan fingerprint density at radius 3 is 1.87 bits per heavy atom. The monoisotopic (exact) mass is 720 g/mol. The first-order valence-electron chi connectivity index (χ1n) is 19.3. The summed E-state index contributed by atoms with van der Waals surface area (Å²) in [7, 11) is 0. The molecule has 262 valence electrons. The molecule has 9 aromatic rings. The van der Waals surface area contributed by atoms with Gasteiger partial charge in [0.2, 0.25) is 0 Å². The Kier molecular flexibility index (Phi) is 6.64. The molecule has 0 aliphatic heterocycles. The lowest BCUT2D eigenvalue weighted by molar-refractivity contribution is 0.660. The van der Waals surface area contributed by atoms with Crippen LogP contribution in [0.5, 0.6) is 0 Å². The summed E-state index contributed by atoms with van der Waals surface area (Å²) in [5.74, 6) is 0. The molecule has 2 aliphatic carbocycles. The Hall–Kier alpha value is -6.02. The summed E-state index contributed by atoms with van der Waals surface area (Å²) in [4.78, 5) is 0. The summed E-state index contributed by atoms with van der Waals surface area (Å²) in [5, 5.41) is 10.4. The summed E-state index contributed by atoms with van der Waals surface area (Å²) in [6, 6.07) is 52.3. The van der Waals surface area contributed by atoms with E-state index in [1.54, 1.807) is 0 Å². The van der Waals surface area contributed by atoms with E-state index >= 15 is 0 Å². The van der Waals surface area contributed by atoms with Gasteiger partial charge < -0.3 is 0 Å². The summed E-state index contributed by atoms with van der Waals surface area (Å²) >= 11 is 1.88. The van der Waals surface area contributed by atoms with Crippen molar-refractivity contribution in [3.05, 3.63) is 192 Å². The highest BCUT2D eigenvalue weighted by Gasteiger charge is 2.38. The molecular weight excluding hydrogens is 681 g/mol. The van der Waals surface area contributed by atoms with Crippen molar-refractivity contribution >= 4 is 75.0 Å². The Morgan fingerprint density at radius 1 is 0.509 bits per heavy atom. The zero-order chi connectivity index (χ0) is 37.4. The molecule has 0 fully saturated rings. The van der Waals surface area contributed by atoms with Crippen LogP contribution >= 0.6 is 11.3 Å². The molecule has 0 radical (unpaired) electrons. The normalized spacial score (nSPS) is 16.1. The smallest absolute Gasteiger partial charge is 0.0361 e. The molecule has 0 nitrogen and oxygen atoms in total. The van der Waals surface area contributed by atoms with Gasteiger partial charge in [-0.2, -0.15) is 0 Å². The number of rotatable bonds is 3. The fourth-order valence-electron chi connectivity index (χ4n) is 9.76. The van der Waals surface area contributed by atoms with E-state index < -0.39 is 0 Å². The Bertz CT molecular complexity index is 3180. The van der Waals surface area contributed by atoms with E-state index in [-0.39, 0.29) is 10.8 Å². The standard InChI is InChI=1S/C54H40S/c1-31(23-44-32(2)53(3,4)49-29-37-26-46-43-17-11-12-18-50(43)55-51(46)30-38(37)25-45(44)49)33-19-21-41-42-22-20-36(28-48(42)54(5,6)47(41)27-33)52-39-15-9-7-13-34(39)24-35-14-8-10-16-40(35)52/h7-30H,1-2H2,3-6H3/b44-23+. The Labute approximate surface area is 326 Å². The van der Waals surface area contributed by atoms with Gasteiger partial charge in [0.05, 0.1) is 0 Å². The van der Waals surface area contributed by atoms with Gasteiger partial charge in [-0.15, -0.1) is 11.3 Å². The quantitative estimate of drug-likeness (QED) is 0.159. The van der Waals surface area contributed by atoms with E-state index in [0.29, 0.717) is 0 Å². The molecule has 2 aliphatic rings. The number of thiophene rings is 1. The first-order valence-corrected chi connectivity index (χ1v) is 20.1. The van der Waals surface area contributed by atoms with E-state index in [4.69, 9.17) is 6.58 Å². The van der Waals surface area contributed by atoms with Gasteiger partial charge in [0.15, 0.2) is 0 Å². The molecule has 0 spiro atoms. The van der Waals surface area contributed by atoms with E-state index in [1.165, 1.54) is 103 Å². The van der Waals surface area contributed by atoms with Crippen LogP contribution in [0, 0.1) is 0 Å². The molecule has 8 aromatic carbocycles. The van der Waals surface area contributed by atoms with Gasteiger partial charge in [0.25, 0.3) is 0 Å². The Morgan fingerprint density at radius 2 is 1.13 bits per heavy atom. The minimum absolute atomic E-state index is 0.174. The maximum Gasteiger partial charge on any atom is 0.0361 e. The van der Waals surface area contributed by atoms with Gasteiger partial charge in [-0.25, -0.2) is 0 Å². The topological polar surface area (TPSA) is 0 Å². The predicted molar refractivity (Wildman–Crippen MR) is 240 cm³/mol. The molecular formula is C54H40S. The van der Waals surface area contributed by atoms with E-state index in [9.17, 15) is 0 Å². The fraction of sp³-hybridized carbons (Fsp3) is 0.111. The minimum Gasteiger partial charge on any atom is -0.135 e. The molecule has 0 amide bonds. The van der Waals surface area contributed by atoms with Gasteiger partial charge in [0, 0.05) is 31.0 Å². The van der Waals surface area contributed by atoms with Crippen LogP contribution in [0.15, 0.2) is 164 Å². The molecule has 1 aromatic heterocycles. The number of hydrogen-bond acceptors (Lipinski definition) is 1. The average Bonchev–Trinajstić information content (AvgIpc) is 3.73. The summed E-state index contributed by atoms with van der Waals surface area (Å²) in [6.45, 7) is 18.8. The molecule has 11 rings (SSSR count). The van der Waals surface area contributed by atoms with Gasteiger partial charge >= 0.3 is 0 Å². The summed E-state index contributed by atoms with van der Waals surface area (Å²) in [6.07, 6.45) is 2.29. The third-order valence-corrected chi connectivity index (χ3v) is 14.1. The second-order valence-corrected chi connectivity index (χ2v) is 17.8. The van der Waals surface area contributed by atoms with Crippen molar-refractivity contribution in [3.8, 4) is 22.3 Å². The van der Waals surface area contributed by atoms with Gasteiger partial charge in [-0.1, -0.05) is 132 Å². The zero-order valence-electron chi connectivity index (χ0n) is 31.7. The largest absolute Gasteiger partial charge is 0.135 e. The van der Waals surface area contributed by atoms with Crippen LogP contribution < -0.4 is 0 Å². The van der Waals surface area contributed by atoms with Crippen LogP contribution in [0.3, 0.4) is 0 Å². The van der Waals surface area contributed by atoms with Crippen molar-refractivity contribution in [1.29, 1.82) is 0 Å². The molecule has 1 heteroatoms. The van der Waals surface area contributed by atoms with Crippen molar-refractivity contribution in [2.45, 2.75) is 38.5 Å². The lowest BCUT2D eigenvalue weighted by Crippen LogP contribution is -2.15. The lowest BCUT2D eigenvalue weighted by Gasteiger charge is -2.23. The summed E-state index contributed by atoms with van der Waals surface area (Å²) in [5.41, 5.74) is 14.7. The molecule has 55 heavy (non-hydrogen) atoms. The van der Waals surface area contributed by atoms with E-state index in [2.05, 4.69) is 180 Å². The highest BCUT2D eigenvalue weighted by Crippen LogP contribution is 2.53. The molecule has 0 atom stereocenters. The molecule has 0 saturated heterocycles. The van der Waals surface area contributed by atoms with Crippen molar-refractivity contribution in [3.63, 3.8) is 0 Å². The highest BCUT2D eigenvalue weighted by atomic mass is 32.1. The average molecular weight is 721 g/mol. The molecule has 0 N–H and O–H groups in total. The Balaban J connectivity index is 0.990. The number of fused-ring (bicyclic) bond motifs is 10. The van der Waals surface area contributed by atoms with Crippen LogP contribution in [0.1, 0.15) is 55.5 Å². The fourth-order valence-corrected chi connectivity index (χ4v) is 10.9. The molecule has 0 unspecified atom stereocenters. The third kappa shape index (κ3) is 4.57. The minimum atomic E-state index is -0.185. The van der Waals surface area contributed by atoms with Crippen LogP contribution in [-0.4, -0.2) is 0 Å². The van der Waals surface area contributed by atoms with Crippen LogP contribution in [0.4, 0.5) is 0 Å². The maximum absolute atomic E-state index is 4.70. The van der Waals surface area contributed by atoms with Gasteiger partial charge in [0.1, 0.15) is 0 Å². The number of allylic oxidation sites excluding steroid dienone is 4. The van der Waals surface area contributed by atoms with E-state index in [1.807, 2.05) is 11.3 Å². The third-order valence-electron chi connectivity index (χ3n) is 12.9. The van der Waals surface area contributed by atoms with Crippen molar-refractivity contribution < 1.29 is 0 Å². The second-order valence-electron chi connectivity index (χ2n) is 16.7. The van der Waals surface area contributed by atoms with Crippen molar-refractivity contribution in [2.75, 3.05) is 0 Å². The zero-order valence-corrected chi connectivity index (χ0v) is 32.5. The van der Waals surface area contributed by atoms with E-state index in [0.717, 1.165) is 16.7 Å². The van der Waals surface area contributed by atoms with Crippen LogP contribution in [0.2, 0.25) is 0 Å². The second kappa shape index (κ2) is 11.3. The predicted octanol–water partition coefficient (Wildman–Crippen LogP) is 15.4. The number of benzene rings is 8. The van der Waals surface area contributed by atoms with Crippen LogP contribution in [0.25, 0.3) is 85.9 Å². The summed E-state index contributed by atoms with van der Waals surface area (Å²) < 4.78 is 2.67. The first kappa shape index (κ1) is 32.4. The van der Waals surface area contributed by atoms with Crippen LogP contribution in [-0.2, 0) is 10.8 Å². The molecule has 1 heterocycles. The van der Waals surface area contributed by atoms with Gasteiger partial charge in [-0.05, 0) is 154 Å². The first-order chi connectivity index (χ1) is 26.6. The molecule has 0 saturated carbocycles. The SMILES string of the molecule is C=C(/C=C1\C(=C)C(C)(C)c2cc3cc4c(cc3cc21)sc1ccccc14)c1ccc2c(c1)C(C)(C)c1cc(-c3c4ccccc4cc4ccccc34)ccc1-2.